The third kappa shape index (κ3) is 3.93. The van der Waals surface area contributed by atoms with Crippen molar-refractivity contribution >= 4 is 50.7 Å². The van der Waals surface area contributed by atoms with Crippen LogP contribution in [0.2, 0.25) is 0 Å². The highest BCUT2D eigenvalue weighted by molar-refractivity contribution is 9.10. The quantitative estimate of drug-likeness (QED) is 0.623. The van der Waals surface area contributed by atoms with Gasteiger partial charge in [0.25, 0.3) is 5.91 Å². The van der Waals surface area contributed by atoms with E-state index in [0.717, 1.165) is 4.47 Å². The van der Waals surface area contributed by atoms with Gasteiger partial charge in [0.2, 0.25) is 11.8 Å². The van der Waals surface area contributed by atoms with Crippen molar-refractivity contribution < 1.29 is 18.8 Å². The summed E-state index contributed by atoms with van der Waals surface area (Å²) in [5.74, 6) is -1.22. The topological polar surface area (TPSA) is 91.7 Å². The van der Waals surface area contributed by atoms with Gasteiger partial charge in [0.15, 0.2) is 5.76 Å². The molecule has 29 heavy (non-hydrogen) atoms. The highest BCUT2D eigenvalue weighted by Crippen LogP contribution is 2.34. The van der Waals surface area contributed by atoms with Crippen molar-refractivity contribution in [2.75, 3.05) is 15.5 Å². The van der Waals surface area contributed by atoms with Crippen LogP contribution in [0.1, 0.15) is 17.0 Å². The Kier molecular flexibility index (Phi) is 5.18. The lowest BCUT2D eigenvalue weighted by Crippen LogP contribution is -2.52. The van der Waals surface area contributed by atoms with E-state index in [1.807, 2.05) is 0 Å². The van der Waals surface area contributed by atoms with Crippen molar-refractivity contribution in [3.05, 3.63) is 77.2 Å². The molecule has 1 unspecified atom stereocenters. The molecule has 0 saturated heterocycles. The van der Waals surface area contributed by atoms with E-state index in [2.05, 4.69) is 26.6 Å². The first-order valence-corrected chi connectivity index (χ1v) is 9.64. The average Bonchev–Trinajstić information content (AvgIpc) is 3.25. The van der Waals surface area contributed by atoms with Crippen molar-refractivity contribution in [3.63, 3.8) is 0 Å². The Labute approximate surface area is 174 Å². The molecule has 0 aliphatic carbocycles. The molecule has 0 radical (unpaired) electrons. The fourth-order valence-corrected chi connectivity index (χ4v) is 3.43. The number of halogens is 1. The molecular weight excluding hydrogens is 438 g/mol. The first-order chi connectivity index (χ1) is 14.0. The van der Waals surface area contributed by atoms with Crippen LogP contribution in [0.4, 0.5) is 17.1 Å². The largest absolute Gasteiger partial charge is 0.459 e. The SMILES string of the molecule is O=C(CC1C(=O)Nc2ccccc2N1C(=O)c1ccco1)Nc1ccc(Br)cc1. The Balaban J connectivity index is 1.62. The third-order valence-corrected chi connectivity index (χ3v) is 5.02. The van der Waals surface area contributed by atoms with Gasteiger partial charge in [0.1, 0.15) is 6.04 Å². The highest BCUT2D eigenvalue weighted by Gasteiger charge is 2.39. The van der Waals surface area contributed by atoms with Gasteiger partial charge in [-0.15, -0.1) is 0 Å². The van der Waals surface area contributed by atoms with Crippen molar-refractivity contribution in [2.45, 2.75) is 12.5 Å². The van der Waals surface area contributed by atoms with Crippen LogP contribution in [0.3, 0.4) is 0 Å². The van der Waals surface area contributed by atoms with Gasteiger partial charge >= 0.3 is 0 Å². The zero-order valence-corrected chi connectivity index (χ0v) is 16.7. The Morgan fingerprint density at radius 3 is 2.55 bits per heavy atom. The van der Waals surface area contributed by atoms with E-state index in [4.69, 9.17) is 4.42 Å². The molecule has 2 aromatic carbocycles. The fourth-order valence-electron chi connectivity index (χ4n) is 3.17. The van der Waals surface area contributed by atoms with Crippen molar-refractivity contribution in [1.29, 1.82) is 0 Å². The molecule has 3 aromatic rings. The molecule has 2 heterocycles. The number of hydrogen-bond donors (Lipinski definition) is 2. The highest BCUT2D eigenvalue weighted by atomic mass is 79.9. The molecule has 1 aliphatic heterocycles. The summed E-state index contributed by atoms with van der Waals surface area (Å²) >= 11 is 3.34. The lowest BCUT2D eigenvalue weighted by molar-refractivity contribution is -0.122. The van der Waals surface area contributed by atoms with E-state index in [9.17, 15) is 14.4 Å². The molecule has 1 aromatic heterocycles. The third-order valence-electron chi connectivity index (χ3n) is 4.49. The van der Waals surface area contributed by atoms with Gasteiger partial charge in [-0.2, -0.15) is 0 Å². The molecule has 1 atom stereocenters. The number of nitrogens with one attached hydrogen (secondary N) is 2. The molecule has 1 aliphatic rings. The van der Waals surface area contributed by atoms with Gasteiger partial charge in [-0.05, 0) is 48.5 Å². The molecule has 0 fully saturated rings. The molecule has 4 rings (SSSR count). The molecule has 3 amide bonds. The summed E-state index contributed by atoms with van der Waals surface area (Å²) in [4.78, 5) is 39.8. The van der Waals surface area contributed by atoms with Crippen LogP contribution in [-0.2, 0) is 9.59 Å². The minimum absolute atomic E-state index is 0.0906. The molecule has 146 valence electrons. The Hall–Kier alpha value is -3.39. The number of para-hydroxylation sites is 2. The number of anilines is 3. The van der Waals surface area contributed by atoms with Gasteiger partial charge < -0.3 is 15.1 Å². The van der Waals surface area contributed by atoms with Crippen molar-refractivity contribution in [1.82, 2.24) is 0 Å². The van der Waals surface area contributed by atoms with Crippen LogP contribution in [-0.4, -0.2) is 23.8 Å². The van der Waals surface area contributed by atoms with E-state index in [1.165, 1.54) is 17.2 Å². The minimum atomic E-state index is -1.02. The van der Waals surface area contributed by atoms with E-state index in [0.29, 0.717) is 17.1 Å². The van der Waals surface area contributed by atoms with Crippen LogP contribution in [0, 0.1) is 0 Å². The Bertz CT molecular complexity index is 1060. The van der Waals surface area contributed by atoms with Crippen LogP contribution >= 0.6 is 15.9 Å². The first-order valence-electron chi connectivity index (χ1n) is 8.85. The molecule has 2 N–H and O–H groups in total. The summed E-state index contributed by atoms with van der Waals surface area (Å²) in [5.41, 5.74) is 1.61. The van der Waals surface area contributed by atoms with E-state index in [-0.39, 0.29) is 18.1 Å². The Morgan fingerprint density at radius 2 is 1.83 bits per heavy atom. The van der Waals surface area contributed by atoms with Gasteiger partial charge in [0.05, 0.1) is 24.1 Å². The zero-order valence-electron chi connectivity index (χ0n) is 15.1. The second-order valence-corrected chi connectivity index (χ2v) is 7.35. The van der Waals surface area contributed by atoms with E-state index in [1.54, 1.807) is 54.6 Å². The number of benzene rings is 2. The number of nitrogens with zero attached hydrogens (tertiary/aromatic N) is 1. The summed E-state index contributed by atoms with van der Waals surface area (Å²) < 4.78 is 6.11. The second kappa shape index (κ2) is 7.92. The molecule has 7 nitrogen and oxygen atoms in total. The summed E-state index contributed by atoms with van der Waals surface area (Å²) in [5, 5.41) is 5.52. The van der Waals surface area contributed by atoms with Crippen LogP contribution in [0.15, 0.2) is 75.8 Å². The summed E-state index contributed by atoms with van der Waals surface area (Å²) in [6.07, 6.45) is 1.18. The van der Waals surface area contributed by atoms with Crippen LogP contribution < -0.4 is 15.5 Å². The van der Waals surface area contributed by atoms with Gasteiger partial charge in [0, 0.05) is 10.2 Å². The summed E-state index contributed by atoms with van der Waals surface area (Å²) in [7, 11) is 0. The van der Waals surface area contributed by atoms with Gasteiger partial charge in [-0.3, -0.25) is 19.3 Å². The fraction of sp³-hybridized carbons (Fsp3) is 0.0952. The number of amides is 3. The zero-order chi connectivity index (χ0) is 20.4. The maximum Gasteiger partial charge on any atom is 0.294 e. The summed E-state index contributed by atoms with van der Waals surface area (Å²) in [6.45, 7) is 0. The number of carbonyl (C=O) groups is 3. The monoisotopic (exact) mass is 453 g/mol. The molecule has 8 heteroatoms. The average molecular weight is 454 g/mol. The molecule has 0 spiro atoms. The normalized spacial score (nSPS) is 15.4. The molecular formula is C21H16BrN3O4. The van der Waals surface area contributed by atoms with E-state index >= 15 is 0 Å². The number of rotatable bonds is 4. The Morgan fingerprint density at radius 1 is 1.07 bits per heavy atom. The van der Waals surface area contributed by atoms with Crippen molar-refractivity contribution in [2.24, 2.45) is 0 Å². The maximum atomic E-state index is 13.1. The number of carbonyl (C=O) groups excluding carboxylic acids is 3. The lowest BCUT2D eigenvalue weighted by Gasteiger charge is -2.35. The number of fused-ring (bicyclic) bond motifs is 1. The number of furan rings is 1. The van der Waals surface area contributed by atoms with Crippen LogP contribution in [0.25, 0.3) is 0 Å². The lowest BCUT2D eigenvalue weighted by atomic mass is 10.0. The smallest absolute Gasteiger partial charge is 0.294 e. The predicted octanol–water partition coefficient (Wildman–Crippen LogP) is 4.04. The maximum absolute atomic E-state index is 13.1. The summed E-state index contributed by atoms with van der Waals surface area (Å²) in [6, 6.07) is 16.1. The standard InChI is InChI=1S/C21H16BrN3O4/c22-13-7-9-14(10-8-13)23-19(26)12-17-20(27)24-15-4-1-2-5-16(15)25(17)21(28)18-6-3-11-29-18/h1-11,17H,12H2,(H,23,26)(H,24,27). The molecule has 0 saturated carbocycles. The van der Waals surface area contributed by atoms with Crippen molar-refractivity contribution in [3.8, 4) is 0 Å². The minimum Gasteiger partial charge on any atom is -0.459 e. The second-order valence-electron chi connectivity index (χ2n) is 6.43. The predicted molar refractivity (Wildman–Crippen MR) is 112 cm³/mol. The van der Waals surface area contributed by atoms with Gasteiger partial charge in [-0.25, -0.2) is 0 Å². The number of hydrogen-bond acceptors (Lipinski definition) is 4. The van der Waals surface area contributed by atoms with Crippen LogP contribution in [0.5, 0.6) is 0 Å². The van der Waals surface area contributed by atoms with E-state index < -0.39 is 17.9 Å². The molecule has 0 bridgehead atoms. The first kappa shape index (κ1) is 18.9. The van der Waals surface area contributed by atoms with Gasteiger partial charge in [-0.1, -0.05) is 28.1 Å².